The third kappa shape index (κ3) is 4.53. The van der Waals surface area contributed by atoms with Gasteiger partial charge in [0.2, 0.25) is 5.91 Å². The maximum Gasteiger partial charge on any atom is 0.384 e. The van der Waals surface area contributed by atoms with E-state index in [4.69, 9.17) is 5.11 Å². The third-order valence-electron chi connectivity index (χ3n) is 4.37. The Morgan fingerprint density at radius 3 is 1.44 bits per heavy atom. The minimum atomic E-state index is -8.15. The fourth-order valence-electron chi connectivity index (χ4n) is 1.88. The number of alkyl halides is 14. The molecule has 4 nitrogen and oxygen atoms in total. The van der Waals surface area contributed by atoms with Gasteiger partial charge in [0.1, 0.15) is 0 Å². The van der Waals surface area contributed by atoms with Crippen molar-refractivity contribution in [3.05, 3.63) is 0 Å². The van der Waals surface area contributed by atoms with Crippen LogP contribution in [0.4, 0.5) is 61.5 Å². The second-order valence-corrected chi connectivity index (χ2v) is 6.56. The first kappa shape index (κ1) is 30.0. The Kier molecular flexibility index (Phi) is 8.16. The molecule has 0 rings (SSSR count). The molecule has 0 aliphatic rings. The van der Waals surface area contributed by atoms with Gasteiger partial charge in [-0.3, -0.25) is 9.59 Å². The molecular formula is C14H13F14NO3. The summed E-state index contributed by atoms with van der Waals surface area (Å²) in [5, 5.41) is 9.43. The van der Waals surface area contributed by atoms with Gasteiger partial charge in [-0.25, -0.2) is 8.78 Å². The number of carboxylic acid groups (broad SMARTS) is 1. The van der Waals surface area contributed by atoms with E-state index in [0.29, 0.717) is 0 Å². The standard InChI is InChI=1S/C14H13F14NO3/c1-4(5(2)7(31)32)6(30)29-3-9(17,18)11(21,22)13(25,26)14(27,28)12(23,24)10(19,20)8(15)16/h4-5,8H,3H2,1-2H3,(H,29,30)(H,31,32)/t4-,5-/m1/s1. The molecule has 190 valence electrons. The largest absolute Gasteiger partial charge is 0.481 e. The van der Waals surface area contributed by atoms with E-state index in [1.54, 1.807) is 0 Å². The highest BCUT2D eigenvalue weighted by Crippen LogP contribution is 2.60. The van der Waals surface area contributed by atoms with Crippen molar-refractivity contribution in [2.45, 2.75) is 55.8 Å². The van der Waals surface area contributed by atoms with Gasteiger partial charge < -0.3 is 10.4 Å². The number of hydrogen-bond acceptors (Lipinski definition) is 2. The Labute approximate surface area is 168 Å². The van der Waals surface area contributed by atoms with Crippen LogP contribution in [-0.2, 0) is 9.59 Å². The highest BCUT2D eigenvalue weighted by Gasteiger charge is 2.91. The molecule has 0 heterocycles. The van der Waals surface area contributed by atoms with E-state index in [-0.39, 0.29) is 0 Å². The van der Waals surface area contributed by atoms with Crippen LogP contribution in [0.25, 0.3) is 0 Å². The average molecular weight is 509 g/mol. The van der Waals surface area contributed by atoms with Gasteiger partial charge in [-0.1, -0.05) is 13.8 Å². The van der Waals surface area contributed by atoms with Crippen molar-refractivity contribution < 1.29 is 76.2 Å². The number of hydrogen-bond donors (Lipinski definition) is 2. The van der Waals surface area contributed by atoms with Crippen LogP contribution in [0.2, 0.25) is 0 Å². The molecule has 0 radical (unpaired) electrons. The van der Waals surface area contributed by atoms with Gasteiger partial charge in [0, 0.05) is 5.92 Å². The molecule has 2 atom stereocenters. The van der Waals surface area contributed by atoms with E-state index in [9.17, 15) is 71.1 Å². The molecule has 18 heteroatoms. The predicted octanol–water partition coefficient (Wildman–Crippen LogP) is 4.54. The molecule has 0 unspecified atom stereocenters. The van der Waals surface area contributed by atoms with E-state index in [0.717, 1.165) is 19.2 Å². The van der Waals surface area contributed by atoms with Crippen LogP contribution in [-0.4, -0.2) is 65.5 Å². The summed E-state index contributed by atoms with van der Waals surface area (Å²) in [7, 11) is 0. The summed E-state index contributed by atoms with van der Waals surface area (Å²) >= 11 is 0. The summed E-state index contributed by atoms with van der Waals surface area (Å²) in [5.41, 5.74) is 0. The van der Waals surface area contributed by atoms with Crippen molar-refractivity contribution in [2.75, 3.05) is 6.54 Å². The number of nitrogens with one attached hydrogen (secondary N) is 1. The number of halogens is 14. The maximum absolute atomic E-state index is 13.6. The van der Waals surface area contributed by atoms with Gasteiger partial charge in [0.05, 0.1) is 12.5 Å². The van der Waals surface area contributed by atoms with Crippen molar-refractivity contribution in [2.24, 2.45) is 11.8 Å². The molecule has 0 bridgehead atoms. The average Bonchev–Trinajstić information content (AvgIpc) is 2.63. The van der Waals surface area contributed by atoms with E-state index in [1.165, 1.54) is 0 Å². The lowest BCUT2D eigenvalue weighted by Crippen LogP contribution is -2.72. The first-order valence-electron chi connectivity index (χ1n) is 7.90. The van der Waals surface area contributed by atoms with Crippen molar-refractivity contribution in [1.29, 1.82) is 0 Å². The van der Waals surface area contributed by atoms with Crippen LogP contribution in [0.15, 0.2) is 0 Å². The highest BCUT2D eigenvalue weighted by atomic mass is 19.4. The molecule has 0 aliphatic heterocycles. The third-order valence-corrected chi connectivity index (χ3v) is 4.37. The van der Waals surface area contributed by atoms with Crippen LogP contribution in [0, 0.1) is 11.8 Å². The minimum Gasteiger partial charge on any atom is -0.481 e. The molecule has 0 aromatic heterocycles. The molecule has 0 saturated heterocycles. The molecule has 0 saturated carbocycles. The van der Waals surface area contributed by atoms with Crippen LogP contribution in [0.1, 0.15) is 13.8 Å². The van der Waals surface area contributed by atoms with E-state index in [2.05, 4.69) is 0 Å². The quantitative estimate of drug-likeness (QED) is 0.403. The summed E-state index contributed by atoms with van der Waals surface area (Å²) in [6, 6.07) is 0. The molecule has 32 heavy (non-hydrogen) atoms. The lowest BCUT2D eigenvalue weighted by atomic mass is 9.91. The monoisotopic (exact) mass is 509 g/mol. The van der Waals surface area contributed by atoms with E-state index >= 15 is 0 Å². The van der Waals surface area contributed by atoms with Crippen molar-refractivity contribution in [3.63, 3.8) is 0 Å². The number of rotatable bonds is 11. The van der Waals surface area contributed by atoms with Gasteiger partial charge in [0.15, 0.2) is 0 Å². The molecule has 0 spiro atoms. The van der Waals surface area contributed by atoms with Crippen LogP contribution in [0.3, 0.4) is 0 Å². The number of carbonyl (C=O) groups excluding carboxylic acids is 1. The summed E-state index contributed by atoms with van der Waals surface area (Å²) in [6.07, 6.45) is -5.79. The normalized spacial score (nSPS) is 16.7. The summed E-state index contributed by atoms with van der Waals surface area (Å²) < 4.78 is 183. The summed E-state index contributed by atoms with van der Waals surface area (Å²) in [4.78, 5) is 22.1. The second kappa shape index (κ2) is 8.72. The summed E-state index contributed by atoms with van der Waals surface area (Å²) in [5.74, 6) is -52.6. The SMILES string of the molecule is C[C@@H](C(=O)O)[C@@H](C)C(=O)NCC(F)(F)C(F)(F)C(F)(F)C(F)(F)C(F)(F)C(F)(F)C(F)F. The van der Waals surface area contributed by atoms with Gasteiger partial charge in [-0.2, -0.15) is 52.7 Å². The number of carboxylic acids is 1. The van der Waals surface area contributed by atoms with Crippen molar-refractivity contribution in [1.82, 2.24) is 5.32 Å². The van der Waals surface area contributed by atoms with Gasteiger partial charge in [-0.05, 0) is 0 Å². The Balaban J connectivity index is 6.03. The van der Waals surface area contributed by atoms with Crippen LogP contribution >= 0.6 is 0 Å². The molecular weight excluding hydrogens is 496 g/mol. The zero-order valence-electron chi connectivity index (χ0n) is 15.5. The number of amides is 1. The molecule has 2 N–H and O–H groups in total. The van der Waals surface area contributed by atoms with E-state index < -0.39 is 72.2 Å². The highest BCUT2D eigenvalue weighted by molar-refractivity contribution is 5.84. The first-order chi connectivity index (χ1) is 13.8. The lowest BCUT2D eigenvalue weighted by molar-refractivity contribution is -0.431. The van der Waals surface area contributed by atoms with Crippen molar-refractivity contribution >= 4 is 11.9 Å². The maximum atomic E-state index is 13.6. The van der Waals surface area contributed by atoms with Gasteiger partial charge >= 0.3 is 47.9 Å². The fraction of sp³-hybridized carbons (Fsp3) is 0.857. The van der Waals surface area contributed by atoms with Crippen LogP contribution in [0.5, 0.6) is 0 Å². The molecule has 0 aromatic rings. The zero-order valence-corrected chi connectivity index (χ0v) is 15.5. The zero-order chi connectivity index (χ0) is 26.3. The smallest absolute Gasteiger partial charge is 0.384 e. The predicted molar refractivity (Wildman–Crippen MR) is 74.7 cm³/mol. The fourth-order valence-corrected chi connectivity index (χ4v) is 1.88. The molecule has 0 aromatic carbocycles. The first-order valence-corrected chi connectivity index (χ1v) is 7.90. The van der Waals surface area contributed by atoms with Crippen molar-refractivity contribution in [3.8, 4) is 0 Å². The second-order valence-electron chi connectivity index (χ2n) is 6.56. The Hall–Kier alpha value is -2.04. The molecule has 1 amide bonds. The number of carbonyl (C=O) groups is 2. The Morgan fingerprint density at radius 2 is 1.09 bits per heavy atom. The Bertz CT molecular complexity index is 709. The lowest BCUT2D eigenvalue weighted by Gasteiger charge is -2.41. The molecule has 0 aliphatic carbocycles. The van der Waals surface area contributed by atoms with E-state index in [1.807, 2.05) is 0 Å². The van der Waals surface area contributed by atoms with Crippen LogP contribution < -0.4 is 5.32 Å². The van der Waals surface area contributed by atoms with Gasteiger partial charge in [0.25, 0.3) is 0 Å². The van der Waals surface area contributed by atoms with Gasteiger partial charge in [-0.15, -0.1) is 0 Å². The minimum absolute atomic E-state index is 0.736. The summed E-state index contributed by atoms with van der Waals surface area (Å²) in [6.45, 7) is -1.42. The topological polar surface area (TPSA) is 66.4 Å². The molecule has 0 fully saturated rings. The Morgan fingerprint density at radius 1 is 0.719 bits per heavy atom. The number of aliphatic carboxylic acids is 1.